The number of hydrogen-bond acceptors (Lipinski definition) is 5. The molecule has 0 bridgehead atoms. The summed E-state index contributed by atoms with van der Waals surface area (Å²) in [6, 6.07) is 8.18. The Labute approximate surface area is 141 Å². The predicted molar refractivity (Wildman–Crippen MR) is 94.8 cm³/mol. The van der Waals surface area contributed by atoms with Gasteiger partial charge in [0.1, 0.15) is 29.3 Å². The smallest absolute Gasteiger partial charge is 0.145 e. The van der Waals surface area contributed by atoms with Crippen molar-refractivity contribution in [3.8, 4) is 11.5 Å². The molecule has 0 spiro atoms. The molecular formula is C18H22N4O2. The third-order valence-corrected chi connectivity index (χ3v) is 4.01. The number of methoxy groups -OCH3 is 2. The van der Waals surface area contributed by atoms with Crippen LogP contribution in [0, 0.1) is 0 Å². The van der Waals surface area contributed by atoms with E-state index in [1.807, 2.05) is 30.5 Å². The topological polar surface area (TPSA) is 61.2 Å². The van der Waals surface area contributed by atoms with Crippen LogP contribution in [0.5, 0.6) is 11.5 Å². The van der Waals surface area contributed by atoms with E-state index in [0.717, 1.165) is 33.9 Å². The standard InChI is InChI=1S/C18H22N4O2/c1-12(2)22-8-7-15-17(20-11-21-18(15)22)19-10-13-5-6-14(23-3)9-16(13)24-4/h5-9,11-12H,10H2,1-4H3,(H,19,20,21). The molecule has 2 aromatic heterocycles. The second-order valence-corrected chi connectivity index (χ2v) is 5.81. The zero-order valence-corrected chi connectivity index (χ0v) is 14.4. The lowest BCUT2D eigenvalue weighted by Gasteiger charge is -2.12. The Morgan fingerprint density at radius 1 is 1.12 bits per heavy atom. The van der Waals surface area contributed by atoms with E-state index in [2.05, 4.69) is 33.7 Å². The number of hydrogen-bond donors (Lipinski definition) is 1. The van der Waals surface area contributed by atoms with Gasteiger partial charge in [0.05, 0.1) is 19.6 Å². The third-order valence-electron chi connectivity index (χ3n) is 4.01. The minimum atomic E-state index is 0.354. The quantitative estimate of drug-likeness (QED) is 0.749. The van der Waals surface area contributed by atoms with Gasteiger partial charge >= 0.3 is 0 Å². The van der Waals surface area contributed by atoms with Crippen LogP contribution >= 0.6 is 0 Å². The average Bonchev–Trinajstić information content (AvgIpc) is 3.04. The summed E-state index contributed by atoms with van der Waals surface area (Å²) in [4.78, 5) is 8.79. The molecule has 6 heteroatoms. The highest BCUT2D eigenvalue weighted by molar-refractivity contribution is 5.87. The number of rotatable bonds is 6. The zero-order valence-electron chi connectivity index (χ0n) is 14.4. The molecule has 0 radical (unpaired) electrons. The second kappa shape index (κ2) is 6.78. The highest BCUT2D eigenvalue weighted by Crippen LogP contribution is 2.27. The fourth-order valence-electron chi connectivity index (χ4n) is 2.71. The van der Waals surface area contributed by atoms with E-state index < -0.39 is 0 Å². The van der Waals surface area contributed by atoms with Crippen LogP contribution in [0.3, 0.4) is 0 Å². The predicted octanol–water partition coefficient (Wildman–Crippen LogP) is 3.64. The zero-order chi connectivity index (χ0) is 17.1. The van der Waals surface area contributed by atoms with Gasteiger partial charge in [-0.05, 0) is 32.0 Å². The van der Waals surface area contributed by atoms with Gasteiger partial charge in [0.2, 0.25) is 0 Å². The lowest BCUT2D eigenvalue weighted by molar-refractivity contribution is 0.391. The Morgan fingerprint density at radius 2 is 1.96 bits per heavy atom. The van der Waals surface area contributed by atoms with Crippen molar-refractivity contribution in [1.82, 2.24) is 14.5 Å². The Morgan fingerprint density at radius 3 is 2.67 bits per heavy atom. The van der Waals surface area contributed by atoms with Gasteiger partial charge in [-0.3, -0.25) is 0 Å². The van der Waals surface area contributed by atoms with Gasteiger partial charge in [0, 0.05) is 30.4 Å². The molecule has 126 valence electrons. The number of aromatic nitrogens is 3. The summed E-state index contributed by atoms with van der Waals surface area (Å²) >= 11 is 0. The number of benzene rings is 1. The summed E-state index contributed by atoms with van der Waals surface area (Å²) in [5.74, 6) is 2.37. The Bertz CT molecular complexity index is 842. The van der Waals surface area contributed by atoms with Crippen molar-refractivity contribution in [2.75, 3.05) is 19.5 Å². The molecule has 6 nitrogen and oxygen atoms in total. The summed E-state index contributed by atoms with van der Waals surface area (Å²) in [6.45, 7) is 4.87. The van der Waals surface area contributed by atoms with E-state index in [0.29, 0.717) is 12.6 Å². The Hall–Kier alpha value is -2.76. The Balaban J connectivity index is 1.86. The van der Waals surface area contributed by atoms with Gasteiger partial charge in [-0.1, -0.05) is 0 Å². The van der Waals surface area contributed by atoms with Crippen LogP contribution < -0.4 is 14.8 Å². The van der Waals surface area contributed by atoms with E-state index in [1.54, 1.807) is 20.5 Å². The van der Waals surface area contributed by atoms with E-state index in [-0.39, 0.29) is 0 Å². The first-order chi connectivity index (χ1) is 11.6. The van der Waals surface area contributed by atoms with Crippen molar-refractivity contribution in [1.29, 1.82) is 0 Å². The maximum atomic E-state index is 5.44. The number of fused-ring (bicyclic) bond motifs is 1. The average molecular weight is 326 g/mol. The maximum absolute atomic E-state index is 5.44. The molecule has 1 aromatic carbocycles. The first kappa shape index (κ1) is 16.1. The van der Waals surface area contributed by atoms with Gasteiger partial charge in [0.15, 0.2) is 0 Å². The highest BCUT2D eigenvalue weighted by atomic mass is 16.5. The van der Waals surface area contributed by atoms with Crippen molar-refractivity contribution < 1.29 is 9.47 Å². The third kappa shape index (κ3) is 2.99. The highest BCUT2D eigenvalue weighted by Gasteiger charge is 2.11. The van der Waals surface area contributed by atoms with Crippen LogP contribution in [-0.4, -0.2) is 28.8 Å². The van der Waals surface area contributed by atoms with Crippen molar-refractivity contribution in [2.45, 2.75) is 26.4 Å². The molecule has 2 heterocycles. The molecule has 0 saturated carbocycles. The van der Waals surface area contributed by atoms with Crippen LogP contribution in [0.2, 0.25) is 0 Å². The fraction of sp³-hybridized carbons (Fsp3) is 0.333. The van der Waals surface area contributed by atoms with Gasteiger partial charge in [-0.2, -0.15) is 0 Å². The lowest BCUT2D eigenvalue weighted by Crippen LogP contribution is -2.05. The van der Waals surface area contributed by atoms with Crippen LogP contribution in [0.25, 0.3) is 11.0 Å². The first-order valence-corrected chi connectivity index (χ1v) is 7.90. The van der Waals surface area contributed by atoms with Crippen molar-refractivity contribution in [3.63, 3.8) is 0 Å². The largest absolute Gasteiger partial charge is 0.497 e. The summed E-state index contributed by atoms with van der Waals surface area (Å²) < 4.78 is 12.8. The number of anilines is 1. The molecule has 0 unspecified atom stereocenters. The van der Waals surface area contributed by atoms with E-state index in [9.17, 15) is 0 Å². The Kier molecular flexibility index (Phi) is 4.55. The molecule has 3 rings (SSSR count). The minimum Gasteiger partial charge on any atom is -0.497 e. The molecule has 0 atom stereocenters. The summed E-state index contributed by atoms with van der Waals surface area (Å²) in [5, 5.41) is 4.40. The normalized spacial score (nSPS) is 11.0. The van der Waals surface area contributed by atoms with Crippen molar-refractivity contribution in [3.05, 3.63) is 42.4 Å². The van der Waals surface area contributed by atoms with Crippen LogP contribution in [0.1, 0.15) is 25.5 Å². The van der Waals surface area contributed by atoms with Gasteiger partial charge in [-0.15, -0.1) is 0 Å². The molecule has 0 fully saturated rings. The lowest BCUT2D eigenvalue weighted by atomic mass is 10.2. The molecule has 0 aliphatic heterocycles. The van der Waals surface area contributed by atoms with Crippen molar-refractivity contribution in [2.24, 2.45) is 0 Å². The molecule has 0 saturated heterocycles. The van der Waals surface area contributed by atoms with Gasteiger partial charge in [0.25, 0.3) is 0 Å². The van der Waals surface area contributed by atoms with Gasteiger partial charge < -0.3 is 19.4 Å². The van der Waals surface area contributed by atoms with E-state index in [1.165, 1.54) is 0 Å². The number of ether oxygens (including phenoxy) is 2. The molecule has 0 aliphatic carbocycles. The molecule has 0 aliphatic rings. The van der Waals surface area contributed by atoms with Crippen LogP contribution in [0.4, 0.5) is 5.82 Å². The summed E-state index contributed by atoms with van der Waals surface area (Å²) in [7, 11) is 3.30. The van der Waals surface area contributed by atoms with E-state index >= 15 is 0 Å². The molecular weight excluding hydrogens is 304 g/mol. The SMILES string of the molecule is COc1ccc(CNc2ncnc3c2ccn3C(C)C)c(OC)c1. The molecule has 0 amide bonds. The van der Waals surface area contributed by atoms with Crippen LogP contribution in [0.15, 0.2) is 36.8 Å². The van der Waals surface area contributed by atoms with E-state index in [4.69, 9.17) is 9.47 Å². The summed E-state index contributed by atoms with van der Waals surface area (Å²) in [6.07, 6.45) is 3.64. The number of nitrogens with one attached hydrogen (secondary N) is 1. The van der Waals surface area contributed by atoms with Crippen LogP contribution in [-0.2, 0) is 6.54 Å². The second-order valence-electron chi connectivity index (χ2n) is 5.81. The van der Waals surface area contributed by atoms with Gasteiger partial charge in [-0.25, -0.2) is 9.97 Å². The monoisotopic (exact) mass is 326 g/mol. The minimum absolute atomic E-state index is 0.354. The molecule has 24 heavy (non-hydrogen) atoms. The maximum Gasteiger partial charge on any atom is 0.145 e. The fourth-order valence-corrected chi connectivity index (χ4v) is 2.71. The molecule has 1 N–H and O–H groups in total. The first-order valence-electron chi connectivity index (χ1n) is 7.90. The molecule has 3 aromatic rings. The summed E-state index contributed by atoms with van der Waals surface area (Å²) in [5.41, 5.74) is 1.97. The number of nitrogens with zero attached hydrogens (tertiary/aromatic N) is 3. The van der Waals surface area contributed by atoms with Crippen molar-refractivity contribution >= 4 is 16.9 Å².